The van der Waals surface area contributed by atoms with Gasteiger partial charge in [0.2, 0.25) is 5.96 Å². The third kappa shape index (κ3) is 2.17. The van der Waals surface area contributed by atoms with Crippen molar-refractivity contribution in [3.63, 3.8) is 0 Å². The zero-order chi connectivity index (χ0) is 9.80. The van der Waals surface area contributed by atoms with Gasteiger partial charge in [-0.15, -0.1) is 0 Å². The fraction of sp³-hybridized carbons (Fsp3) is 0.222. The number of para-hydroxylation sites is 1. The number of hydrazine groups is 1. The SMILES string of the molecule is Brc1ccccc1NNC1=NCCN1. The molecular formula is C9H11BrN4. The Labute approximate surface area is 90.9 Å². The van der Waals surface area contributed by atoms with Crippen LogP contribution in [0.4, 0.5) is 5.69 Å². The molecule has 1 heterocycles. The molecule has 0 bridgehead atoms. The van der Waals surface area contributed by atoms with Crippen molar-refractivity contribution in [2.24, 2.45) is 4.99 Å². The van der Waals surface area contributed by atoms with Gasteiger partial charge in [-0.05, 0) is 28.1 Å². The van der Waals surface area contributed by atoms with Crippen molar-refractivity contribution >= 4 is 27.6 Å². The van der Waals surface area contributed by atoms with Crippen molar-refractivity contribution in [1.82, 2.24) is 10.7 Å². The number of nitrogens with zero attached hydrogens (tertiary/aromatic N) is 1. The zero-order valence-corrected chi connectivity index (χ0v) is 9.13. The molecule has 0 aliphatic carbocycles. The lowest BCUT2D eigenvalue weighted by Crippen LogP contribution is -2.37. The third-order valence-electron chi connectivity index (χ3n) is 1.86. The highest BCUT2D eigenvalue weighted by atomic mass is 79.9. The Morgan fingerprint density at radius 1 is 1.29 bits per heavy atom. The summed E-state index contributed by atoms with van der Waals surface area (Å²) in [4.78, 5) is 4.20. The van der Waals surface area contributed by atoms with Crippen molar-refractivity contribution in [1.29, 1.82) is 0 Å². The van der Waals surface area contributed by atoms with Crippen molar-refractivity contribution in [3.05, 3.63) is 28.7 Å². The number of anilines is 1. The Balaban J connectivity index is 1.94. The molecule has 1 aliphatic heterocycles. The summed E-state index contributed by atoms with van der Waals surface area (Å²) in [5.41, 5.74) is 7.05. The second-order valence-corrected chi connectivity index (χ2v) is 3.74. The maximum atomic E-state index is 4.20. The third-order valence-corrected chi connectivity index (χ3v) is 2.56. The number of hydrogen-bond acceptors (Lipinski definition) is 4. The molecule has 0 spiro atoms. The van der Waals surface area contributed by atoms with Crippen LogP contribution in [0.5, 0.6) is 0 Å². The fourth-order valence-corrected chi connectivity index (χ4v) is 1.55. The van der Waals surface area contributed by atoms with Gasteiger partial charge in [0, 0.05) is 11.0 Å². The van der Waals surface area contributed by atoms with E-state index in [9.17, 15) is 0 Å². The second kappa shape index (κ2) is 4.32. The molecule has 4 nitrogen and oxygen atoms in total. The van der Waals surface area contributed by atoms with Crippen LogP contribution in [0.25, 0.3) is 0 Å². The van der Waals surface area contributed by atoms with Gasteiger partial charge in [-0.25, -0.2) is 0 Å². The smallest absolute Gasteiger partial charge is 0.210 e. The molecule has 1 aromatic carbocycles. The predicted molar refractivity (Wildman–Crippen MR) is 61.2 cm³/mol. The number of nitrogens with one attached hydrogen (secondary N) is 3. The van der Waals surface area contributed by atoms with Gasteiger partial charge in [-0.1, -0.05) is 12.1 Å². The van der Waals surface area contributed by atoms with E-state index in [0.717, 1.165) is 29.2 Å². The van der Waals surface area contributed by atoms with Gasteiger partial charge in [-0.2, -0.15) is 0 Å². The quantitative estimate of drug-likeness (QED) is 0.698. The molecule has 2 rings (SSSR count). The molecule has 0 amide bonds. The van der Waals surface area contributed by atoms with Crippen LogP contribution in [0.15, 0.2) is 33.7 Å². The zero-order valence-electron chi connectivity index (χ0n) is 7.55. The number of hydrogen-bond donors (Lipinski definition) is 3. The van der Waals surface area contributed by atoms with Crippen molar-refractivity contribution in [2.45, 2.75) is 0 Å². The first kappa shape index (κ1) is 9.33. The first-order chi connectivity index (χ1) is 6.86. The normalized spacial score (nSPS) is 14.5. The molecule has 3 N–H and O–H groups in total. The van der Waals surface area contributed by atoms with E-state index >= 15 is 0 Å². The summed E-state index contributed by atoms with van der Waals surface area (Å²) in [7, 11) is 0. The van der Waals surface area contributed by atoms with Crippen LogP contribution in [-0.2, 0) is 0 Å². The molecule has 0 saturated heterocycles. The monoisotopic (exact) mass is 254 g/mol. The summed E-state index contributed by atoms with van der Waals surface area (Å²) in [6.07, 6.45) is 0. The van der Waals surface area contributed by atoms with Crippen molar-refractivity contribution < 1.29 is 0 Å². The molecule has 0 radical (unpaired) electrons. The maximum Gasteiger partial charge on any atom is 0.210 e. The first-order valence-corrected chi connectivity index (χ1v) is 5.20. The average Bonchev–Trinajstić information content (AvgIpc) is 2.69. The molecular weight excluding hydrogens is 244 g/mol. The van der Waals surface area contributed by atoms with E-state index in [-0.39, 0.29) is 0 Å². The van der Waals surface area contributed by atoms with E-state index in [0.29, 0.717) is 0 Å². The number of benzene rings is 1. The Bertz CT molecular complexity index is 350. The van der Waals surface area contributed by atoms with Crippen LogP contribution in [0.1, 0.15) is 0 Å². The van der Waals surface area contributed by atoms with Crippen LogP contribution < -0.4 is 16.2 Å². The Hall–Kier alpha value is -1.23. The molecule has 0 saturated carbocycles. The van der Waals surface area contributed by atoms with Crippen LogP contribution in [0, 0.1) is 0 Å². The number of halogens is 1. The van der Waals surface area contributed by atoms with Gasteiger partial charge < -0.3 is 5.32 Å². The molecule has 0 unspecified atom stereocenters. The lowest BCUT2D eigenvalue weighted by Gasteiger charge is -2.10. The van der Waals surface area contributed by atoms with E-state index in [2.05, 4.69) is 37.1 Å². The summed E-state index contributed by atoms with van der Waals surface area (Å²) in [6.45, 7) is 1.74. The van der Waals surface area contributed by atoms with Gasteiger partial charge >= 0.3 is 0 Å². The van der Waals surface area contributed by atoms with Crippen LogP contribution in [0.3, 0.4) is 0 Å². The maximum absolute atomic E-state index is 4.20. The number of rotatable bonds is 2. The highest BCUT2D eigenvalue weighted by Crippen LogP contribution is 2.19. The Morgan fingerprint density at radius 2 is 2.14 bits per heavy atom. The predicted octanol–water partition coefficient (Wildman–Crippen LogP) is 1.32. The largest absolute Gasteiger partial charge is 0.353 e. The minimum atomic E-state index is 0.792. The molecule has 5 heteroatoms. The summed E-state index contributed by atoms with van der Waals surface area (Å²) in [5.74, 6) is 0.792. The van der Waals surface area contributed by atoms with Crippen molar-refractivity contribution in [2.75, 3.05) is 18.5 Å². The molecule has 0 fully saturated rings. The summed E-state index contributed by atoms with van der Waals surface area (Å²) in [5, 5.41) is 3.11. The van der Waals surface area contributed by atoms with Gasteiger partial charge in [0.25, 0.3) is 0 Å². The molecule has 14 heavy (non-hydrogen) atoms. The fourth-order valence-electron chi connectivity index (χ4n) is 1.17. The molecule has 1 aliphatic rings. The highest BCUT2D eigenvalue weighted by molar-refractivity contribution is 9.10. The van der Waals surface area contributed by atoms with Gasteiger partial charge in [0.1, 0.15) is 0 Å². The number of aliphatic imine (C=N–C) groups is 1. The molecule has 74 valence electrons. The van der Waals surface area contributed by atoms with Crippen molar-refractivity contribution in [3.8, 4) is 0 Å². The van der Waals surface area contributed by atoms with Gasteiger partial charge in [0.15, 0.2) is 0 Å². The Morgan fingerprint density at radius 3 is 2.86 bits per heavy atom. The lowest BCUT2D eigenvalue weighted by molar-refractivity contribution is 0.937. The van der Waals surface area contributed by atoms with Crippen LogP contribution in [0.2, 0.25) is 0 Å². The second-order valence-electron chi connectivity index (χ2n) is 2.89. The number of guanidine groups is 1. The van der Waals surface area contributed by atoms with E-state index < -0.39 is 0 Å². The summed E-state index contributed by atoms with van der Waals surface area (Å²) in [6, 6.07) is 7.90. The Kier molecular flexibility index (Phi) is 2.88. The molecule has 1 aromatic rings. The van der Waals surface area contributed by atoms with Crippen LogP contribution >= 0.6 is 15.9 Å². The summed E-state index contributed by atoms with van der Waals surface area (Å²) < 4.78 is 1.02. The van der Waals surface area contributed by atoms with E-state index in [4.69, 9.17) is 0 Å². The average molecular weight is 255 g/mol. The molecule has 0 atom stereocenters. The standard InChI is InChI=1S/C9H11BrN4/c10-7-3-1-2-4-8(7)13-14-9-11-5-6-12-9/h1-4,13H,5-6H2,(H2,11,12,14). The minimum absolute atomic E-state index is 0.792. The van der Waals surface area contributed by atoms with E-state index in [1.54, 1.807) is 0 Å². The summed E-state index contributed by atoms with van der Waals surface area (Å²) >= 11 is 3.44. The van der Waals surface area contributed by atoms with Gasteiger partial charge in [-0.3, -0.25) is 15.8 Å². The lowest BCUT2D eigenvalue weighted by atomic mass is 10.3. The topological polar surface area (TPSA) is 48.5 Å². The molecule has 0 aromatic heterocycles. The van der Waals surface area contributed by atoms with E-state index in [1.807, 2.05) is 24.3 Å². The first-order valence-electron chi connectivity index (χ1n) is 4.41. The minimum Gasteiger partial charge on any atom is -0.353 e. The van der Waals surface area contributed by atoms with E-state index in [1.165, 1.54) is 0 Å². The van der Waals surface area contributed by atoms with Gasteiger partial charge in [0.05, 0.1) is 12.2 Å². The highest BCUT2D eigenvalue weighted by Gasteiger charge is 2.03. The van der Waals surface area contributed by atoms with Crippen LogP contribution in [-0.4, -0.2) is 19.0 Å².